The molecule has 1 aromatic heterocycles. The minimum Gasteiger partial charge on any atom is -0.475 e. The third-order valence-corrected chi connectivity index (χ3v) is 3.11. The van der Waals surface area contributed by atoms with Crippen molar-refractivity contribution in [2.45, 2.75) is 33.1 Å². The molecular formula is C15H16O4. The van der Waals surface area contributed by atoms with Crippen LogP contribution in [0.5, 0.6) is 0 Å². The molecule has 4 nitrogen and oxygen atoms in total. The van der Waals surface area contributed by atoms with Crippen LogP contribution in [-0.4, -0.2) is 16.9 Å². The van der Waals surface area contributed by atoms with Gasteiger partial charge in [-0.3, -0.25) is 4.79 Å². The van der Waals surface area contributed by atoms with Crippen molar-refractivity contribution in [2.24, 2.45) is 0 Å². The van der Waals surface area contributed by atoms with E-state index in [2.05, 4.69) is 0 Å². The summed E-state index contributed by atoms with van der Waals surface area (Å²) < 4.78 is 5.26. The lowest BCUT2D eigenvalue weighted by atomic mass is 9.97. The van der Waals surface area contributed by atoms with Gasteiger partial charge in [0, 0.05) is 17.4 Å². The van der Waals surface area contributed by atoms with Crippen molar-refractivity contribution < 1.29 is 19.1 Å². The number of carbonyl (C=O) groups excluding carboxylic acids is 1. The lowest BCUT2D eigenvalue weighted by Gasteiger charge is -2.06. The van der Waals surface area contributed by atoms with Crippen LogP contribution in [0.3, 0.4) is 0 Å². The molecule has 4 heteroatoms. The van der Waals surface area contributed by atoms with Crippen molar-refractivity contribution in [3.05, 3.63) is 35.1 Å². The second-order valence-electron chi connectivity index (χ2n) is 4.49. The summed E-state index contributed by atoms with van der Waals surface area (Å²) in [6, 6.07) is 4.96. The SMILES string of the molecule is CCCC(=O)c1cc2cc(C(=O)O)oc2cc1CC. The number of ketones is 1. The Morgan fingerprint density at radius 3 is 2.53 bits per heavy atom. The molecule has 0 saturated heterocycles. The van der Waals surface area contributed by atoms with Gasteiger partial charge in [-0.05, 0) is 36.6 Å². The average Bonchev–Trinajstić information content (AvgIpc) is 2.80. The molecule has 19 heavy (non-hydrogen) atoms. The highest BCUT2D eigenvalue weighted by atomic mass is 16.4. The van der Waals surface area contributed by atoms with E-state index in [1.807, 2.05) is 13.8 Å². The molecule has 1 aromatic carbocycles. The summed E-state index contributed by atoms with van der Waals surface area (Å²) in [6.45, 7) is 3.92. The van der Waals surface area contributed by atoms with E-state index in [0.717, 1.165) is 12.0 Å². The summed E-state index contributed by atoms with van der Waals surface area (Å²) in [7, 11) is 0. The van der Waals surface area contributed by atoms with Gasteiger partial charge in [0.1, 0.15) is 5.58 Å². The van der Waals surface area contributed by atoms with Gasteiger partial charge < -0.3 is 9.52 Å². The number of rotatable bonds is 5. The van der Waals surface area contributed by atoms with Crippen molar-refractivity contribution in [1.29, 1.82) is 0 Å². The first kappa shape index (κ1) is 13.3. The molecule has 0 aliphatic heterocycles. The molecule has 0 aliphatic rings. The Labute approximate surface area is 111 Å². The maximum Gasteiger partial charge on any atom is 0.371 e. The van der Waals surface area contributed by atoms with Crippen LogP contribution in [0.15, 0.2) is 22.6 Å². The van der Waals surface area contributed by atoms with Gasteiger partial charge in [0.25, 0.3) is 0 Å². The molecular weight excluding hydrogens is 244 g/mol. The Morgan fingerprint density at radius 1 is 1.21 bits per heavy atom. The summed E-state index contributed by atoms with van der Waals surface area (Å²) in [4.78, 5) is 22.9. The van der Waals surface area contributed by atoms with Crippen LogP contribution in [0.4, 0.5) is 0 Å². The topological polar surface area (TPSA) is 67.5 Å². The first-order chi connectivity index (χ1) is 9.06. The summed E-state index contributed by atoms with van der Waals surface area (Å²) in [5, 5.41) is 9.58. The third kappa shape index (κ3) is 2.52. The van der Waals surface area contributed by atoms with E-state index in [4.69, 9.17) is 9.52 Å². The van der Waals surface area contributed by atoms with E-state index in [1.165, 1.54) is 6.07 Å². The number of benzene rings is 1. The molecule has 0 saturated carbocycles. The summed E-state index contributed by atoms with van der Waals surface area (Å²) in [6.07, 6.45) is 2.01. The normalized spacial score (nSPS) is 10.8. The van der Waals surface area contributed by atoms with Crippen LogP contribution in [0.25, 0.3) is 11.0 Å². The van der Waals surface area contributed by atoms with Crippen molar-refractivity contribution in [1.82, 2.24) is 0 Å². The molecule has 2 rings (SSSR count). The maximum absolute atomic E-state index is 12.1. The quantitative estimate of drug-likeness (QED) is 0.833. The van der Waals surface area contributed by atoms with E-state index in [0.29, 0.717) is 29.4 Å². The smallest absolute Gasteiger partial charge is 0.371 e. The summed E-state index contributed by atoms with van der Waals surface area (Å²) in [5.74, 6) is -1.10. The van der Waals surface area contributed by atoms with Crippen molar-refractivity contribution in [3.63, 3.8) is 0 Å². The predicted octanol–water partition coefficient (Wildman–Crippen LogP) is 3.68. The predicted molar refractivity (Wildman–Crippen MR) is 71.8 cm³/mol. The van der Waals surface area contributed by atoms with Gasteiger partial charge in [0.2, 0.25) is 5.76 Å². The third-order valence-electron chi connectivity index (χ3n) is 3.11. The number of hydrogen-bond donors (Lipinski definition) is 1. The number of carbonyl (C=O) groups is 2. The van der Waals surface area contributed by atoms with E-state index >= 15 is 0 Å². The zero-order valence-corrected chi connectivity index (χ0v) is 11.0. The molecule has 2 aromatic rings. The highest BCUT2D eigenvalue weighted by Gasteiger charge is 2.15. The molecule has 100 valence electrons. The minimum absolute atomic E-state index is 0.0966. The van der Waals surface area contributed by atoms with Crippen LogP contribution >= 0.6 is 0 Å². The fourth-order valence-electron chi connectivity index (χ4n) is 2.15. The van der Waals surface area contributed by atoms with Gasteiger partial charge in [-0.15, -0.1) is 0 Å². The van der Waals surface area contributed by atoms with Gasteiger partial charge >= 0.3 is 5.97 Å². The van der Waals surface area contributed by atoms with Crippen molar-refractivity contribution in [2.75, 3.05) is 0 Å². The number of carboxylic acids is 1. The second kappa shape index (κ2) is 5.26. The van der Waals surface area contributed by atoms with E-state index < -0.39 is 5.97 Å². The van der Waals surface area contributed by atoms with Crippen molar-refractivity contribution in [3.8, 4) is 0 Å². The number of hydrogen-bond acceptors (Lipinski definition) is 3. The van der Waals surface area contributed by atoms with Gasteiger partial charge in [-0.1, -0.05) is 13.8 Å². The highest BCUT2D eigenvalue weighted by molar-refractivity contribution is 6.01. The monoisotopic (exact) mass is 260 g/mol. The second-order valence-corrected chi connectivity index (χ2v) is 4.49. The molecule has 0 atom stereocenters. The molecule has 0 aliphatic carbocycles. The maximum atomic E-state index is 12.1. The fourth-order valence-corrected chi connectivity index (χ4v) is 2.15. The molecule has 1 heterocycles. The standard InChI is InChI=1S/C15H16O4/c1-3-5-12(16)11-6-10-8-14(15(17)18)19-13(10)7-9(11)4-2/h6-8H,3-5H2,1-2H3,(H,17,18). The molecule has 1 N–H and O–H groups in total. The van der Waals surface area contributed by atoms with Gasteiger partial charge in [0.15, 0.2) is 5.78 Å². The number of carboxylic acid groups (broad SMARTS) is 1. The minimum atomic E-state index is -1.10. The van der Waals surface area contributed by atoms with E-state index in [-0.39, 0.29) is 11.5 Å². The highest BCUT2D eigenvalue weighted by Crippen LogP contribution is 2.25. The first-order valence-electron chi connectivity index (χ1n) is 6.39. The summed E-state index contributed by atoms with van der Waals surface area (Å²) in [5.41, 5.74) is 2.09. The molecule has 0 radical (unpaired) electrons. The lowest BCUT2D eigenvalue weighted by molar-refractivity contribution is 0.0664. The largest absolute Gasteiger partial charge is 0.475 e. The molecule has 0 amide bonds. The number of aromatic carboxylic acids is 1. The molecule has 0 spiro atoms. The Morgan fingerprint density at radius 2 is 1.95 bits per heavy atom. The summed E-state index contributed by atoms with van der Waals surface area (Å²) >= 11 is 0. The molecule has 0 bridgehead atoms. The van der Waals surface area contributed by atoms with Crippen LogP contribution in [0, 0.1) is 0 Å². The zero-order chi connectivity index (χ0) is 14.0. The van der Waals surface area contributed by atoms with Crippen LogP contribution in [0.2, 0.25) is 0 Å². The van der Waals surface area contributed by atoms with Gasteiger partial charge in [-0.2, -0.15) is 0 Å². The Kier molecular flexibility index (Phi) is 3.69. The van der Waals surface area contributed by atoms with Crippen LogP contribution in [-0.2, 0) is 6.42 Å². The number of fused-ring (bicyclic) bond motifs is 1. The Balaban J connectivity index is 2.57. The molecule has 0 fully saturated rings. The Bertz CT molecular complexity index is 637. The average molecular weight is 260 g/mol. The Hall–Kier alpha value is -2.10. The number of furan rings is 1. The van der Waals surface area contributed by atoms with E-state index in [1.54, 1.807) is 12.1 Å². The number of aryl methyl sites for hydroxylation is 1. The molecule has 0 unspecified atom stereocenters. The van der Waals surface area contributed by atoms with Crippen molar-refractivity contribution >= 4 is 22.7 Å². The van der Waals surface area contributed by atoms with Crippen LogP contribution < -0.4 is 0 Å². The van der Waals surface area contributed by atoms with Gasteiger partial charge in [-0.25, -0.2) is 4.79 Å². The van der Waals surface area contributed by atoms with Gasteiger partial charge in [0.05, 0.1) is 0 Å². The fraction of sp³-hybridized carbons (Fsp3) is 0.333. The lowest BCUT2D eigenvalue weighted by Crippen LogP contribution is -2.02. The van der Waals surface area contributed by atoms with E-state index in [9.17, 15) is 9.59 Å². The van der Waals surface area contributed by atoms with Crippen LogP contribution in [0.1, 0.15) is 53.2 Å². The zero-order valence-electron chi connectivity index (χ0n) is 11.0. The first-order valence-corrected chi connectivity index (χ1v) is 6.39. The number of Topliss-reactive ketones (excluding diaryl/α,β-unsaturated/α-hetero) is 1.